The first kappa shape index (κ1) is 18.9. The average Bonchev–Trinajstić information content (AvgIpc) is 2.66. The Morgan fingerprint density at radius 3 is 1.92 bits per heavy atom. The molecule has 1 aliphatic heterocycles. The number of ether oxygens (including phenoxy) is 2. The van der Waals surface area contributed by atoms with E-state index in [1.165, 1.54) is 10.4 Å². The number of rotatable bonds is 5. The minimum atomic E-state index is -2.54. The lowest BCUT2D eigenvalue weighted by atomic mass is 10.2. The van der Waals surface area contributed by atoms with E-state index in [2.05, 4.69) is 81.4 Å². The van der Waals surface area contributed by atoms with Gasteiger partial charge in [0.25, 0.3) is 8.32 Å². The van der Waals surface area contributed by atoms with Crippen molar-refractivity contribution in [2.24, 2.45) is 0 Å². The molecule has 2 aromatic rings. The van der Waals surface area contributed by atoms with Crippen LogP contribution in [0.4, 0.5) is 0 Å². The summed E-state index contributed by atoms with van der Waals surface area (Å²) in [5.74, 6) is 0. The summed E-state index contributed by atoms with van der Waals surface area (Å²) >= 11 is 0. The minimum Gasteiger partial charge on any atom is -0.473 e. The second kappa shape index (κ2) is 7.78. The third-order valence-corrected chi connectivity index (χ3v) is 10.0. The molecule has 0 saturated carbocycles. The SMILES string of the molecule is CO[C@H]1C[C@H](O[Si](c2ccccc2)(c2ccccc2)C(C)(C)C)C=CO1. The summed E-state index contributed by atoms with van der Waals surface area (Å²) < 4.78 is 17.9. The molecule has 0 N–H and O–H groups in total. The van der Waals surface area contributed by atoms with Gasteiger partial charge in [-0.05, 0) is 21.5 Å². The molecule has 2 aromatic carbocycles. The van der Waals surface area contributed by atoms with E-state index in [1.54, 1.807) is 13.4 Å². The average molecular weight is 369 g/mol. The molecule has 1 aliphatic rings. The largest absolute Gasteiger partial charge is 0.473 e. The topological polar surface area (TPSA) is 27.7 Å². The van der Waals surface area contributed by atoms with Gasteiger partial charge in [0, 0.05) is 13.5 Å². The Kier molecular flexibility index (Phi) is 5.66. The molecule has 3 nitrogen and oxygen atoms in total. The van der Waals surface area contributed by atoms with E-state index in [1.807, 2.05) is 6.08 Å². The molecule has 0 spiro atoms. The van der Waals surface area contributed by atoms with Crippen molar-refractivity contribution in [3.8, 4) is 0 Å². The van der Waals surface area contributed by atoms with Crippen molar-refractivity contribution in [2.75, 3.05) is 7.11 Å². The van der Waals surface area contributed by atoms with Crippen LogP contribution in [0.25, 0.3) is 0 Å². The maximum absolute atomic E-state index is 7.04. The minimum absolute atomic E-state index is 0.0373. The fraction of sp³-hybridized carbons (Fsp3) is 0.364. The molecule has 3 rings (SSSR count). The van der Waals surface area contributed by atoms with Crippen molar-refractivity contribution < 1.29 is 13.9 Å². The first-order valence-corrected chi connectivity index (χ1v) is 11.0. The van der Waals surface area contributed by atoms with Gasteiger partial charge in [-0.25, -0.2) is 0 Å². The third-order valence-electron chi connectivity index (χ3n) is 4.96. The standard InChI is InChI=1S/C22H28O3Si/c1-22(2,3)26(19-11-7-5-8-12-19,20-13-9-6-10-14-20)25-18-15-16-24-21(17-18)23-4/h5-16,18,21H,17H2,1-4H3/t18-,21-/m1/s1. The van der Waals surface area contributed by atoms with E-state index in [-0.39, 0.29) is 17.4 Å². The Morgan fingerprint density at radius 2 is 1.46 bits per heavy atom. The summed E-state index contributed by atoms with van der Waals surface area (Å²) in [5.41, 5.74) is 0. The van der Waals surface area contributed by atoms with Gasteiger partial charge in [-0.15, -0.1) is 0 Å². The normalized spacial score (nSPS) is 20.6. The maximum Gasteiger partial charge on any atom is 0.261 e. The third kappa shape index (κ3) is 3.63. The highest BCUT2D eigenvalue weighted by molar-refractivity contribution is 6.99. The van der Waals surface area contributed by atoms with Gasteiger partial charge in [0.2, 0.25) is 6.29 Å². The van der Waals surface area contributed by atoms with Crippen LogP contribution >= 0.6 is 0 Å². The summed E-state index contributed by atoms with van der Waals surface area (Å²) in [6.45, 7) is 6.86. The molecule has 0 saturated heterocycles. The molecule has 2 atom stereocenters. The molecular weight excluding hydrogens is 340 g/mol. The van der Waals surface area contributed by atoms with Gasteiger partial charge < -0.3 is 13.9 Å². The molecule has 0 unspecified atom stereocenters. The van der Waals surface area contributed by atoms with Gasteiger partial charge in [-0.2, -0.15) is 0 Å². The van der Waals surface area contributed by atoms with Gasteiger partial charge in [-0.1, -0.05) is 81.4 Å². The van der Waals surface area contributed by atoms with Crippen LogP contribution in [0.1, 0.15) is 27.2 Å². The van der Waals surface area contributed by atoms with Crippen LogP contribution in [0.15, 0.2) is 73.0 Å². The zero-order chi connectivity index (χ0) is 18.6. The van der Waals surface area contributed by atoms with Gasteiger partial charge >= 0.3 is 0 Å². The number of hydrogen-bond acceptors (Lipinski definition) is 3. The molecule has 0 bridgehead atoms. The Morgan fingerprint density at radius 1 is 0.923 bits per heavy atom. The quantitative estimate of drug-likeness (QED) is 0.751. The number of hydrogen-bond donors (Lipinski definition) is 0. The second-order valence-electron chi connectivity index (χ2n) is 7.69. The van der Waals surface area contributed by atoms with E-state index in [9.17, 15) is 0 Å². The van der Waals surface area contributed by atoms with Crippen LogP contribution in [0.3, 0.4) is 0 Å². The van der Waals surface area contributed by atoms with Crippen molar-refractivity contribution in [3.05, 3.63) is 73.0 Å². The first-order valence-electron chi connectivity index (χ1n) is 9.11. The fourth-order valence-electron chi connectivity index (χ4n) is 3.70. The first-order chi connectivity index (χ1) is 12.5. The summed E-state index contributed by atoms with van der Waals surface area (Å²) in [6.07, 6.45) is 4.11. The Bertz CT molecular complexity index is 683. The van der Waals surface area contributed by atoms with Gasteiger partial charge in [0.1, 0.15) is 0 Å². The Balaban J connectivity index is 2.12. The van der Waals surface area contributed by atoms with Crippen LogP contribution in [-0.4, -0.2) is 27.8 Å². The molecule has 0 aliphatic carbocycles. The zero-order valence-electron chi connectivity index (χ0n) is 16.0. The van der Waals surface area contributed by atoms with Crippen molar-refractivity contribution in [1.82, 2.24) is 0 Å². The summed E-state index contributed by atoms with van der Waals surface area (Å²) in [4.78, 5) is 0. The van der Waals surface area contributed by atoms with Crippen LogP contribution in [0.5, 0.6) is 0 Å². The van der Waals surface area contributed by atoms with E-state index in [4.69, 9.17) is 13.9 Å². The van der Waals surface area contributed by atoms with Crippen LogP contribution in [-0.2, 0) is 13.9 Å². The molecule has 1 heterocycles. The molecule has 138 valence electrons. The van der Waals surface area contributed by atoms with Gasteiger partial charge in [-0.3, -0.25) is 0 Å². The Labute approximate surface area is 157 Å². The summed E-state index contributed by atoms with van der Waals surface area (Å²) in [6, 6.07) is 21.4. The van der Waals surface area contributed by atoms with Crippen molar-refractivity contribution >= 4 is 18.7 Å². The monoisotopic (exact) mass is 368 g/mol. The van der Waals surface area contributed by atoms with Crippen LogP contribution in [0.2, 0.25) is 5.04 Å². The van der Waals surface area contributed by atoms with E-state index < -0.39 is 8.32 Å². The lowest BCUT2D eigenvalue weighted by molar-refractivity contribution is -0.108. The summed E-state index contributed by atoms with van der Waals surface area (Å²) in [7, 11) is -0.871. The van der Waals surface area contributed by atoms with Gasteiger partial charge in [0.05, 0.1) is 12.4 Å². The lowest BCUT2D eigenvalue weighted by Gasteiger charge is -2.45. The molecular formula is C22H28O3Si. The molecule has 0 amide bonds. The highest BCUT2D eigenvalue weighted by atomic mass is 28.4. The zero-order valence-corrected chi connectivity index (χ0v) is 17.0. The van der Waals surface area contributed by atoms with Crippen LogP contribution in [0, 0.1) is 0 Å². The second-order valence-corrected chi connectivity index (χ2v) is 11.9. The predicted octanol–water partition coefficient (Wildman–Crippen LogP) is 3.84. The van der Waals surface area contributed by atoms with E-state index in [0.717, 1.165) is 0 Å². The predicted molar refractivity (Wildman–Crippen MR) is 108 cm³/mol. The van der Waals surface area contributed by atoms with E-state index >= 15 is 0 Å². The van der Waals surface area contributed by atoms with E-state index in [0.29, 0.717) is 6.42 Å². The van der Waals surface area contributed by atoms with Crippen molar-refractivity contribution in [1.29, 1.82) is 0 Å². The highest BCUT2D eigenvalue weighted by Gasteiger charge is 2.51. The van der Waals surface area contributed by atoms with Crippen LogP contribution < -0.4 is 10.4 Å². The number of benzene rings is 2. The maximum atomic E-state index is 7.04. The lowest BCUT2D eigenvalue weighted by Crippen LogP contribution is -2.67. The van der Waals surface area contributed by atoms with Gasteiger partial charge in [0.15, 0.2) is 0 Å². The van der Waals surface area contributed by atoms with Crippen molar-refractivity contribution in [2.45, 2.75) is 44.6 Å². The molecule has 4 heteroatoms. The summed E-state index contributed by atoms with van der Waals surface area (Å²) in [5, 5.41) is 2.53. The molecule has 0 fully saturated rings. The fourth-order valence-corrected chi connectivity index (χ4v) is 8.35. The number of methoxy groups -OCH3 is 1. The smallest absolute Gasteiger partial charge is 0.261 e. The molecule has 26 heavy (non-hydrogen) atoms. The van der Waals surface area contributed by atoms with Crippen molar-refractivity contribution in [3.63, 3.8) is 0 Å². The highest BCUT2D eigenvalue weighted by Crippen LogP contribution is 2.38. The molecule has 0 radical (unpaired) electrons. The Hall–Kier alpha value is -1.88. The molecule has 0 aromatic heterocycles.